The summed E-state index contributed by atoms with van der Waals surface area (Å²) in [5, 5.41) is 104. The molecule has 3 aromatic rings. The van der Waals surface area contributed by atoms with Crippen molar-refractivity contribution < 1.29 is 189 Å². The van der Waals surface area contributed by atoms with Crippen LogP contribution in [0.4, 0.5) is 11.4 Å². The summed E-state index contributed by atoms with van der Waals surface area (Å²) in [5.41, 5.74) is 2.16. The van der Waals surface area contributed by atoms with Gasteiger partial charge in [0.1, 0.15) is 46.3 Å². The Morgan fingerprint density at radius 3 is 1.35 bits per heavy atom. The van der Waals surface area contributed by atoms with Crippen molar-refractivity contribution in [3.8, 4) is 5.75 Å². The van der Waals surface area contributed by atoms with Gasteiger partial charge in [0.05, 0.1) is 28.1 Å². The van der Waals surface area contributed by atoms with E-state index >= 15 is 4.79 Å². The van der Waals surface area contributed by atoms with Gasteiger partial charge in [-0.3, -0.25) is 56.8 Å². The smallest absolute Gasteiger partial charge is 0.744 e. The van der Waals surface area contributed by atoms with E-state index in [1.807, 2.05) is 54.6 Å². The molecule has 3 aromatic carbocycles. The van der Waals surface area contributed by atoms with Crippen LogP contribution < -0.4 is 66.0 Å². The maximum Gasteiger partial charge on any atom is 1.00 e. The van der Waals surface area contributed by atoms with Crippen molar-refractivity contribution in [2.75, 3.05) is 48.8 Å². The van der Waals surface area contributed by atoms with E-state index < -0.39 is 292 Å². The Balaban J connectivity index is 0.0000221. The van der Waals surface area contributed by atoms with Crippen LogP contribution in [0.2, 0.25) is 0 Å². The van der Waals surface area contributed by atoms with Gasteiger partial charge in [-0.2, -0.15) is 4.58 Å². The normalized spacial score (nSPS) is 22.9. The van der Waals surface area contributed by atoms with Crippen LogP contribution in [0, 0.1) is 34.0 Å². The van der Waals surface area contributed by atoms with Crippen LogP contribution in [-0.2, 0) is 97.0 Å². The number of allylic oxidation sites excluding steroid dienone is 7. The molecule has 16 N–H and O–H groups in total. The second-order valence-corrected chi connectivity index (χ2v) is 46.8. The van der Waals surface area contributed by atoms with E-state index in [0.717, 1.165) is 51.5 Å². The van der Waals surface area contributed by atoms with E-state index in [-0.39, 0.29) is 99.2 Å². The molecule has 43 heteroatoms. The van der Waals surface area contributed by atoms with E-state index in [9.17, 15) is 145 Å². The third kappa shape index (κ3) is 30.5. The minimum atomic E-state index is -4.78. The molecule has 4 saturated carbocycles. The maximum atomic E-state index is 15.2. The van der Waals surface area contributed by atoms with Crippen molar-refractivity contribution in [2.24, 2.45) is 34.0 Å². The number of carboxylic acids is 9. The molecule has 134 heavy (non-hydrogen) atoms. The predicted octanol–water partition coefficient (Wildman–Crippen LogP) is 6.41. The zero-order chi connectivity index (χ0) is 98.2. The Bertz CT molecular complexity index is 5130. The summed E-state index contributed by atoms with van der Waals surface area (Å²) in [4.78, 5) is 199. The summed E-state index contributed by atoms with van der Waals surface area (Å²) in [5.74, 6) is -21.3. The quantitative estimate of drug-likeness (QED) is 0.00954. The summed E-state index contributed by atoms with van der Waals surface area (Å²) in [6.07, 6.45) is -0.688. The molecule has 2 aliphatic heterocycles. The second kappa shape index (κ2) is 46.1. The number of ether oxygens (including phenoxy) is 1. The third-order valence-electron chi connectivity index (χ3n) is 26.6. The zero-order valence-corrected chi connectivity index (χ0v) is 81.1. The van der Waals surface area contributed by atoms with Gasteiger partial charge in [0.25, 0.3) is 0 Å². The fraction of sp³-hybridized carbons (Fsp3) is 0.560. The Labute approximate surface area is 797 Å². The third-order valence-corrected chi connectivity index (χ3v) is 33.4. The Hall–Kier alpha value is -9.52. The summed E-state index contributed by atoms with van der Waals surface area (Å²) < 4.78 is 85.4. The fourth-order valence-corrected chi connectivity index (χ4v) is 26.9. The van der Waals surface area contributed by atoms with Crippen LogP contribution in [0.5, 0.6) is 5.75 Å². The minimum Gasteiger partial charge on any atom is -0.744 e. The molecule has 0 saturated heterocycles. The average Bonchev–Trinajstić information content (AvgIpc) is 1.06. The Morgan fingerprint density at radius 2 is 0.933 bits per heavy atom. The van der Waals surface area contributed by atoms with Crippen molar-refractivity contribution in [3.05, 3.63) is 131 Å². The van der Waals surface area contributed by atoms with Crippen molar-refractivity contribution in [3.63, 3.8) is 0 Å². The zero-order valence-electron chi connectivity index (χ0n) is 75.6. The number of fused-ring (bicyclic) bond motifs is 2. The Kier molecular flexibility index (Phi) is 37.8. The SMILES string of the molecule is CC1(C)C(/C=C/C2=C(Oc3ccc(S(=O)(=O)[O-])cc3)C(=C/C=C3/Nc4ccccc4C3(C)C)/CCC2)=[N+](CCCCCC(=O)NC23CC4(CCC(=O)N[C@@H](CCP(=O)(O)CC(CCC(=O)[O-])C(=O)O)C(=O)O)CC(CCC(=O)N[C@@H](CCP(=O)(O)CC(CCC(=O)O)C(=O)O)C(=O)O)(CC(CCC(=O)N[C@@H](CCP(=O)(O)CC(CCC(=O)O)C(=O)O)C(=O)O)(C4)C2)C3)c2ccccc21.[Na+]. The first-order valence-electron chi connectivity index (χ1n) is 44.4. The van der Waals surface area contributed by atoms with Gasteiger partial charge in [0.15, 0.2) is 5.71 Å². The van der Waals surface area contributed by atoms with Gasteiger partial charge in [0.2, 0.25) is 51.4 Å². The van der Waals surface area contributed by atoms with E-state index in [0.29, 0.717) is 50.2 Å². The molecular weight excluding hydrogens is 1840 g/mol. The van der Waals surface area contributed by atoms with Gasteiger partial charge >= 0.3 is 77.3 Å². The first-order chi connectivity index (χ1) is 62.1. The van der Waals surface area contributed by atoms with Crippen LogP contribution in [0.15, 0.2) is 125 Å². The maximum absolute atomic E-state index is 15.2. The monoisotopic (exact) mass is 1960 g/mol. The molecule has 10 rings (SSSR count). The van der Waals surface area contributed by atoms with Crippen molar-refractivity contribution >= 4 is 127 Å². The summed E-state index contributed by atoms with van der Waals surface area (Å²) in [6.45, 7) is 8.94. The van der Waals surface area contributed by atoms with E-state index in [2.05, 4.69) is 77.1 Å². The number of benzene rings is 3. The van der Waals surface area contributed by atoms with Gasteiger partial charge in [-0.1, -0.05) is 56.3 Å². The van der Waals surface area contributed by atoms with E-state index in [1.165, 1.54) is 24.3 Å². The molecule has 11 atom stereocenters. The molecule has 0 aromatic heterocycles. The van der Waals surface area contributed by atoms with Gasteiger partial charge in [-0.25, -0.2) is 22.8 Å². The number of carboxylic acid groups (broad SMARTS) is 9. The number of aliphatic carboxylic acids is 9. The van der Waals surface area contributed by atoms with E-state index in [4.69, 9.17) is 4.74 Å². The van der Waals surface area contributed by atoms with Crippen LogP contribution in [0.1, 0.15) is 219 Å². The fourth-order valence-electron chi connectivity index (χ4n) is 20.8. The standard InChI is InChI=1S/C91H121N6O32P3S.Na/c1-86(2)63-15-7-9-17-65(63)92-70(86)29-20-56-13-12-14-57(79(56)129-61-25-27-62(28-26-61)133(126,127)128)21-30-71-87(3,4)64-16-8-10-18-69(64)97(71)43-11-5-6-19-75(101)96-91-53-88(40-34-72(98)93-66(83(114)115)37-44-130(120,121)47-58(80(108)109)22-31-76(102)103)50-89(54-91,41-35-73(99)94-67(84(116)117)38-45-131(122,123)48-59(81(110)111)23-32-77(104)105)52-90(51-88,55-91)42-36-74(100)95-68(85(118)119)39-46-132(124,125)49-60(82(112)113)24-33-78(106)107;/h7-10,15-18,20-21,25-30,58-60,66-68H,5-6,11-14,19,22-24,31-55H2,1-4H3,(H17,93,94,95,96,98,99,100,101,102,103,104,105,106,107,108,109,110,111,112,113,114,115,116,117,118,119,120,121,122,123,124,125,126,127,128);/q;+1/p-1/t58?,59?,60?,66-,67-,68-,88?,89?,90?,91?;/m0./s1. The molecule has 2 heterocycles. The van der Waals surface area contributed by atoms with Gasteiger partial charge in [-0.15, -0.1) is 0 Å². The molecule has 8 unspecified atom stereocenters. The second-order valence-electron chi connectivity index (χ2n) is 37.9. The number of amides is 4. The predicted molar refractivity (Wildman–Crippen MR) is 478 cm³/mol. The van der Waals surface area contributed by atoms with Gasteiger partial charge in [0, 0.05) is 128 Å². The van der Waals surface area contributed by atoms with Crippen LogP contribution in [0.25, 0.3) is 0 Å². The van der Waals surface area contributed by atoms with E-state index in [1.54, 1.807) is 0 Å². The summed E-state index contributed by atoms with van der Waals surface area (Å²) in [7, 11) is -18.4. The van der Waals surface area contributed by atoms with Crippen LogP contribution in [0.3, 0.4) is 0 Å². The first-order valence-corrected chi connectivity index (χ1v) is 51.9. The number of hydrogen-bond acceptors (Lipinski definition) is 22. The van der Waals surface area contributed by atoms with Crippen molar-refractivity contribution in [1.29, 1.82) is 0 Å². The van der Waals surface area contributed by atoms with Crippen LogP contribution >= 0.6 is 22.1 Å². The number of unbranched alkanes of at least 4 members (excludes halogenated alkanes) is 2. The minimum absolute atomic E-state index is 0. The number of hydrogen-bond donors (Lipinski definition) is 16. The topological polar surface area (TPSA) is 648 Å². The molecule has 5 aliphatic carbocycles. The molecule has 4 bridgehead atoms. The van der Waals surface area contributed by atoms with Crippen LogP contribution in [-0.4, -0.2) is 223 Å². The van der Waals surface area contributed by atoms with Crippen molar-refractivity contribution in [1.82, 2.24) is 21.3 Å². The molecule has 7 aliphatic rings. The first kappa shape index (κ1) is 110. The summed E-state index contributed by atoms with van der Waals surface area (Å²) >= 11 is 0. The van der Waals surface area contributed by atoms with Gasteiger partial charge in [-0.05, 0) is 224 Å². The number of para-hydroxylation sites is 2. The number of carbonyl (C=O) groups excluding carboxylic acids is 5. The number of carbonyl (C=O) groups is 13. The molecular formula is C91H120N6NaO32P3S. The largest absolute Gasteiger partial charge is 1.00 e. The molecule has 0 spiro atoms. The molecule has 38 nitrogen and oxygen atoms in total. The molecule has 4 fully saturated rings. The van der Waals surface area contributed by atoms with Gasteiger partial charge < -0.3 is 101 Å². The molecule has 728 valence electrons. The summed E-state index contributed by atoms with van der Waals surface area (Å²) in [6, 6.07) is 15.7. The Morgan fingerprint density at radius 1 is 0.500 bits per heavy atom. The van der Waals surface area contributed by atoms with Crippen molar-refractivity contribution in [2.45, 2.75) is 247 Å². The number of anilines is 1. The molecule has 0 radical (unpaired) electrons. The number of nitrogens with one attached hydrogen (secondary N) is 5. The number of nitrogens with zero attached hydrogens (tertiary/aromatic N) is 1. The molecule has 4 amide bonds. The average molecular weight is 1960 g/mol. The number of rotatable bonds is 55.